The number of H-pyrrole nitrogens is 1. The molecule has 5 nitrogen and oxygen atoms in total. The Kier molecular flexibility index (Phi) is 3.06. The van der Waals surface area contributed by atoms with E-state index in [0.29, 0.717) is 6.04 Å². The van der Waals surface area contributed by atoms with E-state index in [0.717, 1.165) is 30.3 Å². The molecule has 0 unspecified atom stereocenters. The summed E-state index contributed by atoms with van der Waals surface area (Å²) in [5.41, 5.74) is 2.30. The van der Waals surface area contributed by atoms with Gasteiger partial charge in [0.05, 0.1) is 11.7 Å². The van der Waals surface area contributed by atoms with Gasteiger partial charge in [-0.1, -0.05) is 0 Å². The topological polar surface area (TPSA) is 57.7 Å². The fourth-order valence-electron chi connectivity index (χ4n) is 2.60. The minimum atomic E-state index is 0.412. The summed E-state index contributed by atoms with van der Waals surface area (Å²) in [5, 5.41) is 7.02. The number of rotatable bonds is 3. The van der Waals surface area contributed by atoms with Crippen LogP contribution in [-0.2, 0) is 6.54 Å². The van der Waals surface area contributed by atoms with Crippen molar-refractivity contribution in [3.8, 4) is 0 Å². The summed E-state index contributed by atoms with van der Waals surface area (Å²) < 4.78 is 0. The van der Waals surface area contributed by atoms with Gasteiger partial charge in [0.15, 0.2) is 0 Å². The quantitative estimate of drug-likeness (QED) is 0.893. The van der Waals surface area contributed by atoms with Crippen LogP contribution in [0.2, 0.25) is 0 Å². The summed E-state index contributed by atoms with van der Waals surface area (Å²) in [4.78, 5) is 11.2. The van der Waals surface area contributed by atoms with Gasteiger partial charge in [-0.15, -0.1) is 0 Å². The highest BCUT2D eigenvalue weighted by Gasteiger charge is 2.27. The summed E-state index contributed by atoms with van der Waals surface area (Å²) in [7, 11) is 0. The molecule has 0 saturated carbocycles. The van der Waals surface area contributed by atoms with Gasteiger partial charge in [-0.25, -0.2) is 9.97 Å². The van der Waals surface area contributed by atoms with Crippen molar-refractivity contribution in [3.05, 3.63) is 41.7 Å². The van der Waals surface area contributed by atoms with Gasteiger partial charge < -0.3 is 0 Å². The molecular weight excluding hydrogens is 226 g/mol. The van der Waals surface area contributed by atoms with Gasteiger partial charge in [0.1, 0.15) is 5.82 Å². The molecule has 5 heteroatoms. The SMILES string of the molecule is Cc1nccc([C@@H]2CCCN2Cc2ccn[nH]2)n1. The van der Waals surface area contributed by atoms with Crippen molar-refractivity contribution in [2.45, 2.75) is 32.4 Å². The lowest BCUT2D eigenvalue weighted by molar-refractivity contribution is 0.241. The third-order valence-electron chi connectivity index (χ3n) is 3.43. The molecule has 1 atom stereocenters. The molecule has 0 radical (unpaired) electrons. The van der Waals surface area contributed by atoms with Gasteiger partial charge in [-0.2, -0.15) is 5.10 Å². The zero-order chi connectivity index (χ0) is 12.4. The fourth-order valence-corrected chi connectivity index (χ4v) is 2.60. The fraction of sp³-hybridized carbons (Fsp3) is 0.462. The highest BCUT2D eigenvalue weighted by atomic mass is 15.2. The number of aromatic amines is 1. The summed E-state index contributed by atoms with van der Waals surface area (Å²) >= 11 is 0. The summed E-state index contributed by atoms with van der Waals surface area (Å²) in [5.74, 6) is 0.848. The van der Waals surface area contributed by atoms with Crippen LogP contribution in [0.4, 0.5) is 0 Å². The van der Waals surface area contributed by atoms with Crippen molar-refractivity contribution in [2.24, 2.45) is 0 Å². The second-order valence-corrected chi connectivity index (χ2v) is 4.74. The van der Waals surface area contributed by atoms with E-state index in [1.165, 1.54) is 12.8 Å². The Bertz CT molecular complexity index is 508. The highest BCUT2D eigenvalue weighted by molar-refractivity contribution is 5.10. The number of likely N-dealkylation sites (tertiary alicyclic amines) is 1. The molecule has 94 valence electrons. The van der Waals surface area contributed by atoms with Crippen LogP contribution in [0, 0.1) is 6.92 Å². The molecule has 1 N–H and O–H groups in total. The minimum Gasteiger partial charge on any atom is -0.289 e. The van der Waals surface area contributed by atoms with Gasteiger partial charge >= 0.3 is 0 Å². The number of aryl methyl sites for hydroxylation is 1. The third kappa shape index (κ3) is 2.26. The maximum atomic E-state index is 4.56. The molecule has 0 spiro atoms. The maximum absolute atomic E-state index is 4.56. The van der Waals surface area contributed by atoms with Crippen LogP contribution in [-0.4, -0.2) is 31.6 Å². The molecule has 18 heavy (non-hydrogen) atoms. The monoisotopic (exact) mass is 243 g/mol. The van der Waals surface area contributed by atoms with Gasteiger partial charge in [0.2, 0.25) is 0 Å². The molecule has 1 aliphatic heterocycles. The zero-order valence-electron chi connectivity index (χ0n) is 10.5. The molecule has 0 bridgehead atoms. The second kappa shape index (κ2) is 4.86. The maximum Gasteiger partial charge on any atom is 0.125 e. The average Bonchev–Trinajstić information content (AvgIpc) is 3.01. The number of nitrogens with one attached hydrogen (secondary N) is 1. The van der Waals surface area contributed by atoms with E-state index in [9.17, 15) is 0 Å². The van der Waals surface area contributed by atoms with Crippen LogP contribution < -0.4 is 0 Å². The molecule has 1 aliphatic rings. The molecule has 3 rings (SSSR count). The van der Waals surface area contributed by atoms with Gasteiger partial charge in [-0.3, -0.25) is 10.00 Å². The van der Waals surface area contributed by atoms with Gasteiger partial charge in [0.25, 0.3) is 0 Å². The lowest BCUT2D eigenvalue weighted by atomic mass is 10.1. The predicted molar refractivity (Wildman–Crippen MR) is 67.7 cm³/mol. The molecule has 1 saturated heterocycles. The lowest BCUT2D eigenvalue weighted by Gasteiger charge is -2.23. The number of nitrogens with zero attached hydrogens (tertiary/aromatic N) is 4. The van der Waals surface area contributed by atoms with Crippen molar-refractivity contribution >= 4 is 0 Å². The van der Waals surface area contributed by atoms with E-state index in [2.05, 4.69) is 25.1 Å². The first-order valence-electron chi connectivity index (χ1n) is 6.35. The Hall–Kier alpha value is -1.75. The van der Waals surface area contributed by atoms with E-state index in [-0.39, 0.29) is 0 Å². The van der Waals surface area contributed by atoms with Crippen LogP contribution >= 0.6 is 0 Å². The van der Waals surface area contributed by atoms with Crippen molar-refractivity contribution in [1.29, 1.82) is 0 Å². The first-order chi connectivity index (χ1) is 8.83. The van der Waals surface area contributed by atoms with Crippen molar-refractivity contribution in [1.82, 2.24) is 25.1 Å². The Morgan fingerprint density at radius 3 is 3.11 bits per heavy atom. The molecule has 0 aliphatic carbocycles. The van der Waals surface area contributed by atoms with Crippen LogP contribution in [0.25, 0.3) is 0 Å². The minimum absolute atomic E-state index is 0.412. The predicted octanol–water partition coefficient (Wildman–Crippen LogP) is 1.85. The van der Waals surface area contributed by atoms with E-state index in [4.69, 9.17) is 0 Å². The Balaban J connectivity index is 1.79. The van der Waals surface area contributed by atoms with Crippen molar-refractivity contribution < 1.29 is 0 Å². The number of hydrogen-bond acceptors (Lipinski definition) is 4. The first kappa shape index (κ1) is 11.3. The smallest absolute Gasteiger partial charge is 0.125 e. The third-order valence-corrected chi connectivity index (χ3v) is 3.43. The highest BCUT2D eigenvalue weighted by Crippen LogP contribution is 2.31. The normalized spacial score (nSPS) is 20.4. The number of hydrogen-bond donors (Lipinski definition) is 1. The van der Waals surface area contributed by atoms with Gasteiger partial charge in [0, 0.05) is 24.6 Å². The van der Waals surface area contributed by atoms with Crippen molar-refractivity contribution in [2.75, 3.05) is 6.54 Å². The molecule has 2 aromatic heterocycles. The molecule has 2 aromatic rings. The van der Waals surface area contributed by atoms with E-state index in [1.807, 2.05) is 25.3 Å². The van der Waals surface area contributed by atoms with Crippen LogP contribution in [0.15, 0.2) is 24.5 Å². The largest absolute Gasteiger partial charge is 0.289 e. The Labute approximate surface area is 106 Å². The van der Waals surface area contributed by atoms with E-state index < -0.39 is 0 Å². The first-order valence-corrected chi connectivity index (χ1v) is 6.35. The lowest BCUT2D eigenvalue weighted by Crippen LogP contribution is -2.23. The second-order valence-electron chi connectivity index (χ2n) is 4.74. The Morgan fingerprint density at radius 1 is 1.39 bits per heavy atom. The summed E-state index contributed by atoms with van der Waals surface area (Å²) in [6.45, 7) is 3.97. The number of aromatic nitrogens is 4. The average molecular weight is 243 g/mol. The summed E-state index contributed by atoms with van der Waals surface area (Å²) in [6, 6.07) is 4.47. The van der Waals surface area contributed by atoms with Crippen LogP contribution in [0.3, 0.4) is 0 Å². The van der Waals surface area contributed by atoms with Gasteiger partial charge in [-0.05, 0) is 38.4 Å². The molecular formula is C13H17N5. The van der Waals surface area contributed by atoms with Crippen LogP contribution in [0.5, 0.6) is 0 Å². The van der Waals surface area contributed by atoms with E-state index in [1.54, 1.807) is 6.20 Å². The molecule has 0 aromatic carbocycles. The van der Waals surface area contributed by atoms with E-state index >= 15 is 0 Å². The molecule has 3 heterocycles. The van der Waals surface area contributed by atoms with Crippen LogP contribution in [0.1, 0.15) is 36.1 Å². The molecule has 1 fully saturated rings. The standard InChI is InChI=1S/C13H17N5/c1-10-14-6-5-12(16-10)13-3-2-8-18(13)9-11-4-7-15-17-11/h4-7,13H,2-3,8-9H2,1H3,(H,15,17)/t13-/m0/s1. The Morgan fingerprint density at radius 2 is 2.33 bits per heavy atom. The zero-order valence-corrected chi connectivity index (χ0v) is 10.5. The summed E-state index contributed by atoms with van der Waals surface area (Å²) in [6.07, 6.45) is 6.05. The molecule has 0 amide bonds. The van der Waals surface area contributed by atoms with Crippen molar-refractivity contribution in [3.63, 3.8) is 0 Å².